The molecule has 1 unspecified atom stereocenters. The molecule has 1 saturated heterocycles. The van der Waals surface area contributed by atoms with E-state index < -0.39 is 0 Å². The van der Waals surface area contributed by atoms with Gasteiger partial charge >= 0.3 is 0 Å². The van der Waals surface area contributed by atoms with Crippen molar-refractivity contribution in [2.75, 3.05) is 32.7 Å². The molecule has 2 heterocycles. The predicted octanol–water partition coefficient (Wildman–Crippen LogP) is 2.32. The molecule has 0 amide bonds. The van der Waals surface area contributed by atoms with Gasteiger partial charge in [-0.15, -0.1) is 24.0 Å². The molecule has 7 heteroatoms. The fourth-order valence-electron chi connectivity index (χ4n) is 3.02. The zero-order chi connectivity index (χ0) is 16.3. The summed E-state index contributed by atoms with van der Waals surface area (Å²) in [4.78, 5) is 11.3. The van der Waals surface area contributed by atoms with Crippen LogP contribution >= 0.6 is 24.0 Å². The van der Waals surface area contributed by atoms with E-state index in [1.54, 1.807) is 6.20 Å². The Morgan fingerprint density at radius 1 is 1.29 bits per heavy atom. The summed E-state index contributed by atoms with van der Waals surface area (Å²) in [5.74, 6) is 0.916. The smallest absolute Gasteiger partial charge is 0.191 e. The van der Waals surface area contributed by atoms with Gasteiger partial charge in [0, 0.05) is 51.2 Å². The van der Waals surface area contributed by atoms with E-state index in [1.165, 1.54) is 32.4 Å². The Hall–Kier alpha value is -0.830. The first kappa shape index (κ1) is 21.2. The molecule has 1 atom stereocenters. The second-order valence-electron chi connectivity index (χ2n) is 6.22. The molecule has 1 aromatic heterocycles. The van der Waals surface area contributed by atoms with Gasteiger partial charge in [-0.1, -0.05) is 6.42 Å². The standard InChI is InChI=1S/C17H32N6.HI/c1-3-19-17(21-10-14-22-13-9-18-15-22)20-8-6-12-23-11-5-4-7-16(23)2;/h9,13,15-16H,3-8,10-12,14H2,1-2H3,(H2,19,20,21);1H. The summed E-state index contributed by atoms with van der Waals surface area (Å²) >= 11 is 0. The highest BCUT2D eigenvalue weighted by Gasteiger charge is 2.16. The molecule has 0 bridgehead atoms. The van der Waals surface area contributed by atoms with Gasteiger partial charge in [-0.05, 0) is 39.7 Å². The lowest BCUT2D eigenvalue weighted by atomic mass is 10.0. The number of guanidine groups is 1. The molecule has 1 fully saturated rings. The van der Waals surface area contributed by atoms with Crippen molar-refractivity contribution in [3.05, 3.63) is 18.7 Å². The third-order valence-corrected chi connectivity index (χ3v) is 4.38. The van der Waals surface area contributed by atoms with Crippen molar-refractivity contribution in [1.82, 2.24) is 25.1 Å². The van der Waals surface area contributed by atoms with Crippen LogP contribution < -0.4 is 10.6 Å². The second kappa shape index (κ2) is 12.5. The van der Waals surface area contributed by atoms with Gasteiger partial charge in [0.25, 0.3) is 0 Å². The normalized spacial score (nSPS) is 18.9. The van der Waals surface area contributed by atoms with Crippen LogP contribution in [0.3, 0.4) is 0 Å². The van der Waals surface area contributed by atoms with E-state index in [2.05, 4.69) is 43.9 Å². The number of hydrogen-bond acceptors (Lipinski definition) is 3. The maximum atomic E-state index is 4.68. The van der Waals surface area contributed by atoms with E-state index in [-0.39, 0.29) is 24.0 Å². The summed E-state index contributed by atoms with van der Waals surface area (Å²) < 4.78 is 2.06. The molecule has 2 rings (SSSR count). The van der Waals surface area contributed by atoms with Crippen LogP contribution in [0.25, 0.3) is 0 Å². The van der Waals surface area contributed by atoms with Gasteiger partial charge in [0.2, 0.25) is 0 Å². The summed E-state index contributed by atoms with van der Waals surface area (Å²) in [6.45, 7) is 10.4. The van der Waals surface area contributed by atoms with Gasteiger partial charge in [0.05, 0.1) is 6.33 Å². The number of nitrogens with one attached hydrogen (secondary N) is 2. The van der Waals surface area contributed by atoms with Gasteiger partial charge in [0.1, 0.15) is 0 Å². The Bertz CT molecular complexity index is 448. The molecule has 0 spiro atoms. The molecule has 6 nitrogen and oxygen atoms in total. The van der Waals surface area contributed by atoms with Gasteiger partial charge in [0.15, 0.2) is 5.96 Å². The van der Waals surface area contributed by atoms with Crippen molar-refractivity contribution in [2.45, 2.75) is 52.1 Å². The second-order valence-corrected chi connectivity index (χ2v) is 6.22. The van der Waals surface area contributed by atoms with E-state index >= 15 is 0 Å². The number of hydrogen-bond donors (Lipinski definition) is 2. The minimum Gasteiger partial charge on any atom is -0.357 e. The summed E-state index contributed by atoms with van der Waals surface area (Å²) in [5.41, 5.74) is 0. The van der Waals surface area contributed by atoms with Gasteiger partial charge < -0.3 is 20.1 Å². The van der Waals surface area contributed by atoms with E-state index in [1.807, 2.05) is 12.5 Å². The van der Waals surface area contributed by atoms with Crippen LogP contribution in [-0.2, 0) is 6.54 Å². The number of halogens is 1. The van der Waals surface area contributed by atoms with Crippen LogP contribution in [0.1, 0.15) is 39.5 Å². The van der Waals surface area contributed by atoms with Crippen LogP contribution in [0.15, 0.2) is 23.7 Å². The molecule has 0 saturated carbocycles. The number of aromatic nitrogens is 2. The molecule has 2 N–H and O–H groups in total. The van der Waals surface area contributed by atoms with Crippen molar-refractivity contribution in [2.24, 2.45) is 4.99 Å². The molecule has 0 aromatic carbocycles. The fourth-order valence-corrected chi connectivity index (χ4v) is 3.02. The Labute approximate surface area is 163 Å². The molecular formula is C17H33IN6. The predicted molar refractivity (Wildman–Crippen MR) is 111 cm³/mol. The zero-order valence-corrected chi connectivity index (χ0v) is 17.4. The Balaban J connectivity index is 0.00000288. The molecule has 138 valence electrons. The Morgan fingerprint density at radius 3 is 2.88 bits per heavy atom. The van der Waals surface area contributed by atoms with Crippen molar-refractivity contribution in [3.8, 4) is 0 Å². The highest BCUT2D eigenvalue weighted by Crippen LogP contribution is 2.16. The van der Waals surface area contributed by atoms with Crippen LogP contribution in [-0.4, -0.2) is 59.2 Å². The Kier molecular flexibility index (Phi) is 11.1. The minimum atomic E-state index is 0. The lowest BCUT2D eigenvalue weighted by Crippen LogP contribution is -2.39. The molecule has 0 radical (unpaired) electrons. The lowest BCUT2D eigenvalue weighted by Gasteiger charge is -2.33. The molecule has 1 aromatic rings. The summed E-state index contributed by atoms with van der Waals surface area (Å²) in [6, 6.07) is 0.745. The van der Waals surface area contributed by atoms with E-state index in [0.29, 0.717) is 0 Å². The number of aliphatic imine (C=N–C) groups is 1. The minimum absolute atomic E-state index is 0. The zero-order valence-electron chi connectivity index (χ0n) is 15.1. The number of likely N-dealkylation sites (tertiary alicyclic amines) is 1. The van der Waals surface area contributed by atoms with Gasteiger partial charge in [-0.25, -0.2) is 4.98 Å². The van der Waals surface area contributed by atoms with Crippen LogP contribution in [0.2, 0.25) is 0 Å². The maximum Gasteiger partial charge on any atom is 0.191 e. The first-order valence-corrected chi connectivity index (χ1v) is 9.01. The van der Waals surface area contributed by atoms with Crippen LogP contribution in [0.4, 0.5) is 0 Å². The molecular weight excluding hydrogens is 415 g/mol. The van der Waals surface area contributed by atoms with Crippen LogP contribution in [0.5, 0.6) is 0 Å². The SMILES string of the molecule is CCNC(=NCCCN1CCCCC1C)NCCn1ccnc1.I. The number of nitrogens with zero attached hydrogens (tertiary/aromatic N) is 4. The van der Waals surface area contributed by atoms with E-state index in [4.69, 9.17) is 0 Å². The fraction of sp³-hybridized carbons (Fsp3) is 0.765. The first-order chi connectivity index (χ1) is 11.3. The topological polar surface area (TPSA) is 57.5 Å². The van der Waals surface area contributed by atoms with Crippen LogP contribution in [0, 0.1) is 0 Å². The highest BCUT2D eigenvalue weighted by molar-refractivity contribution is 14.0. The third-order valence-electron chi connectivity index (χ3n) is 4.38. The number of piperidine rings is 1. The molecule has 1 aliphatic rings. The summed E-state index contributed by atoms with van der Waals surface area (Å²) in [7, 11) is 0. The average molecular weight is 448 g/mol. The third kappa shape index (κ3) is 7.83. The van der Waals surface area contributed by atoms with Crippen molar-refractivity contribution in [3.63, 3.8) is 0 Å². The molecule has 0 aliphatic carbocycles. The molecule has 24 heavy (non-hydrogen) atoms. The largest absolute Gasteiger partial charge is 0.357 e. The monoisotopic (exact) mass is 448 g/mol. The Morgan fingerprint density at radius 2 is 2.17 bits per heavy atom. The van der Waals surface area contributed by atoms with Crippen molar-refractivity contribution < 1.29 is 0 Å². The summed E-state index contributed by atoms with van der Waals surface area (Å²) in [5, 5.41) is 6.69. The lowest BCUT2D eigenvalue weighted by molar-refractivity contribution is 0.160. The first-order valence-electron chi connectivity index (χ1n) is 9.01. The maximum absolute atomic E-state index is 4.68. The van der Waals surface area contributed by atoms with E-state index in [0.717, 1.165) is 44.6 Å². The van der Waals surface area contributed by atoms with Crippen molar-refractivity contribution in [1.29, 1.82) is 0 Å². The van der Waals surface area contributed by atoms with Gasteiger partial charge in [-0.3, -0.25) is 4.99 Å². The van der Waals surface area contributed by atoms with Gasteiger partial charge in [-0.2, -0.15) is 0 Å². The highest BCUT2D eigenvalue weighted by atomic mass is 127. The molecule has 1 aliphatic heterocycles. The number of imidazole rings is 1. The average Bonchev–Trinajstić information content (AvgIpc) is 3.06. The van der Waals surface area contributed by atoms with E-state index in [9.17, 15) is 0 Å². The number of rotatable bonds is 8. The summed E-state index contributed by atoms with van der Waals surface area (Å²) in [6.07, 6.45) is 10.8. The van der Waals surface area contributed by atoms with Crippen molar-refractivity contribution >= 4 is 29.9 Å². The quantitative estimate of drug-likeness (QED) is 0.278.